The van der Waals surface area contributed by atoms with Gasteiger partial charge < -0.3 is 14.6 Å². The number of nitrogens with zero attached hydrogens (tertiary/aromatic N) is 1. The Labute approximate surface area is 200 Å². The number of thiazole rings is 1. The van der Waals surface area contributed by atoms with Crippen LogP contribution in [-0.2, 0) is 12.8 Å². The lowest BCUT2D eigenvalue weighted by molar-refractivity contribution is 0.169. The Morgan fingerprint density at radius 3 is 2.50 bits per heavy atom. The van der Waals surface area contributed by atoms with Gasteiger partial charge in [0.05, 0.1) is 16.7 Å². The Morgan fingerprint density at radius 1 is 1.03 bits per heavy atom. The fourth-order valence-corrected chi connectivity index (χ4v) is 5.01. The third-order valence-electron chi connectivity index (χ3n) is 6.03. The maximum absolute atomic E-state index is 11.6. The molecule has 5 rings (SSSR count). The van der Waals surface area contributed by atoms with E-state index in [4.69, 9.17) is 4.42 Å². The van der Waals surface area contributed by atoms with Crippen LogP contribution >= 0.6 is 11.3 Å². The third-order valence-corrected chi connectivity index (χ3v) is 6.90. The summed E-state index contributed by atoms with van der Waals surface area (Å²) in [5.74, 6) is 1.27. The number of rotatable bonds is 7. The molecule has 3 N–H and O–H groups in total. The predicted molar refractivity (Wildman–Crippen MR) is 133 cm³/mol. The van der Waals surface area contributed by atoms with E-state index in [1.807, 2.05) is 73.7 Å². The van der Waals surface area contributed by atoms with Gasteiger partial charge in [0.1, 0.15) is 5.76 Å². The summed E-state index contributed by atoms with van der Waals surface area (Å²) in [6.45, 7) is 1.90. The summed E-state index contributed by atoms with van der Waals surface area (Å²) in [5, 5.41) is 23.0. The number of aromatic hydroxyl groups is 1. The van der Waals surface area contributed by atoms with E-state index in [0.717, 1.165) is 50.3 Å². The van der Waals surface area contributed by atoms with Crippen LogP contribution in [0.4, 0.5) is 0 Å². The summed E-state index contributed by atoms with van der Waals surface area (Å²) in [7, 11) is 0. The number of aryl methyl sites for hydroxylation is 2. The molecule has 0 aliphatic carbocycles. The molecule has 0 radical (unpaired) electrons. The van der Waals surface area contributed by atoms with Crippen LogP contribution in [0.15, 0.2) is 75.9 Å². The largest absolute Gasteiger partial charge is 0.494 e. The summed E-state index contributed by atoms with van der Waals surface area (Å²) < 4.78 is 5.86. The van der Waals surface area contributed by atoms with Crippen molar-refractivity contribution in [3.63, 3.8) is 0 Å². The van der Waals surface area contributed by atoms with Crippen molar-refractivity contribution in [1.82, 2.24) is 9.97 Å². The first-order valence-corrected chi connectivity index (χ1v) is 11.9. The van der Waals surface area contributed by atoms with Crippen LogP contribution in [0.2, 0.25) is 0 Å². The predicted octanol–water partition coefficient (Wildman–Crippen LogP) is 5.52. The molecule has 0 fully saturated rings. The standard InChI is InChI=1S/C27H24N2O4S/c1-16-22(28-26(33-16)17-7-3-2-4-8-17)13-14-23(30)21-12-11-18(19-9-5-6-10-20(19)21)15-24-25(31)29-27(32)34-24/h2-12,23,30-31H,13-15H2,1H3,(H,29,32). The van der Waals surface area contributed by atoms with Crippen LogP contribution in [0.1, 0.15) is 40.0 Å². The molecule has 1 unspecified atom stereocenters. The van der Waals surface area contributed by atoms with Gasteiger partial charge in [-0.1, -0.05) is 65.9 Å². The molecule has 0 amide bonds. The molecule has 0 spiro atoms. The highest BCUT2D eigenvalue weighted by Gasteiger charge is 2.18. The molecule has 2 heterocycles. The second kappa shape index (κ2) is 9.29. The molecular formula is C27H24N2O4S. The van der Waals surface area contributed by atoms with Crippen molar-refractivity contribution in [2.75, 3.05) is 0 Å². The third kappa shape index (κ3) is 4.40. The minimum absolute atomic E-state index is 0.0824. The zero-order valence-corrected chi connectivity index (χ0v) is 19.4. The van der Waals surface area contributed by atoms with E-state index in [-0.39, 0.29) is 10.8 Å². The number of nitrogens with one attached hydrogen (secondary N) is 1. The van der Waals surface area contributed by atoms with Gasteiger partial charge in [-0.15, -0.1) is 0 Å². The molecule has 0 bridgehead atoms. The fraction of sp³-hybridized carbons (Fsp3) is 0.185. The van der Waals surface area contributed by atoms with Gasteiger partial charge in [-0.05, 0) is 53.8 Å². The maximum Gasteiger partial charge on any atom is 0.307 e. The minimum atomic E-state index is -0.674. The Balaban J connectivity index is 1.38. The van der Waals surface area contributed by atoms with Gasteiger partial charge >= 0.3 is 4.87 Å². The molecule has 0 aliphatic rings. The van der Waals surface area contributed by atoms with E-state index in [1.54, 1.807) is 0 Å². The van der Waals surface area contributed by atoms with Crippen LogP contribution in [0, 0.1) is 6.92 Å². The molecule has 0 saturated heterocycles. The SMILES string of the molecule is Cc1oc(-c2ccccc2)nc1CCC(O)c1ccc(Cc2sc(=O)[nH]c2O)c2ccccc12. The number of oxazole rings is 1. The van der Waals surface area contributed by atoms with E-state index in [0.29, 0.717) is 30.0 Å². The topological polar surface area (TPSA) is 99.4 Å². The van der Waals surface area contributed by atoms with Gasteiger partial charge in [0, 0.05) is 12.0 Å². The summed E-state index contributed by atoms with van der Waals surface area (Å²) in [6.07, 6.45) is 0.856. The lowest BCUT2D eigenvalue weighted by atomic mass is 9.93. The highest BCUT2D eigenvalue weighted by molar-refractivity contribution is 7.09. The second-order valence-electron chi connectivity index (χ2n) is 8.26. The number of fused-ring (bicyclic) bond motifs is 1. The number of aliphatic hydroxyl groups excluding tert-OH is 1. The van der Waals surface area contributed by atoms with Crippen molar-refractivity contribution in [2.24, 2.45) is 0 Å². The van der Waals surface area contributed by atoms with Crippen LogP contribution in [0.3, 0.4) is 0 Å². The molecule has 172 valence electrons. The first kappa shape index (κ1) is 22.1. The minimum Gasteiger partial charge on any atom is -0.494 e. The van der Waals surface area contributed by atoms with E-state index in [1.165, 1.54) is 0 Å². The zero-order valence-electron chi connectivity index (χ0n) is 18.6. The van der Waals surface area contributed by atoms with Crippen molar-refractivity contribution in [2.45, 2.75) is 32.3 Å². The fourth-order valence-electron chi connectivity index (χ4n) is 4.27. The molecule has 2 aromatic heterocycles. The first-order valence-electron chi connectivity index (χ1n) is 11.1. The normalized spacial score (nSPS) is 12.3. The molecular weight excluding hydrogens is 448 g/mol. The van der Waals surface area contributed by atoms with Gasteiger partial charge in [-0.3, -0.25) is 9.78 Å². The summed E-state index contributed by atoms with van der Waals surface area (Å²) in [6, 6.07) is 21.6. The number of hydrogen-bond donors (Lipinski definition) is 3. The molecule has 7 heteroatoms. The van der Waals surface area contributed by atoms with Gasteiger partial charge in [-0.2, -0.15) is 0 Å². The second-order valence-corrected chi connectivity index (χ2v) is 9.33. The number of aliphatic hydroxyl groups is 1. The zero-order chi connectivity index (χ0) is 23.7. The quantitative estimate of drug-likeness (QED) is 0.290. The monoisotopic (exact) mass is 472 g/mol. The average molecular weight is 473 g/mol. The summed E-state index contributed by atoms with van der Waals surface area (Å²) >= 11 is 1.01. The van der Waals surface area contributed by atoms with Crippen LogP contribution in [-0.4, -0.2) is 20.2 Å². The summed E-state index contributed by atoms with van der Waals surface area (Å²) in [4.78, 5) is 19.0. The van der Waals surface area contributed by atoms with Crippen LogP contribution in [0.25, 0.3) is 22.2 Å². The van der Waals surface area contributed by atoms with Crippen molar-refractivity contribution in [3.8, 4) is 17.3 Å². The average Bonchev–Trinajstić information content (AvgIpc) is 3.38. The number of hydrogen-bond acceptors (Lipinski definition) is 6. The van der Waals surface area contributed by atoms with Crippen molar-refractivity contribution < 1.29 is 14.6 Å². The molecule has 0 aliphatic heterocycles. The maximum atomic E-state index is 11.6. The Morgan fingerprint density at radius 2 is 1.76 bits per heavy atom. The van der Waals surface area contributed by atoms with Gasteiger partial charge in [0.15, 0.2) is 0 Å². The Hall–Kier alpha value is -3.68. The molecule has 34 heavy (non-hydrogen) atoms. The van der Waals surface area contributed by atoms with Crippen LogP contribution < -0.4 is 4.87 Å². The number of aromatic nitrogens is 2. The molecule has 3 aromatic carbocycles. The number of aromatic amines is 1. The van der Waals surface area contributed by atoms with Gasteiger partial charge in [-0.25, -0.2) is 4.98 Å². The van der Waals surface area contributed by atoms with E-state index in [2.05, 4.69) is 9.97 Å². The van der Waals surface area contributed by atoms with Crippen molar-refractivity contribution in [1.29, 1.82) is 0 Å². The van der Waals surface area contributed by atoms with Gasteiger partial charge in [0.2, 0.25) is 11.8 Å². The van der Waals surface area contributed by atoms with Gasteiger partial charge in [0.25, 0.3) is 0 Å². The molecule has 6 nitrogen and oxygen atoms in total. The van der Waals surface area contributed by atoms with Crippen molar-refractivity contribution in [3.05, 3.63) is 104 Å². The Kier molecular flexibility index (Phi) is 6.04. The van der Waals surface area contributed by atoms with Crippen LogP contribution in [0.5, 0.6) is 5.88 Å². The van der Waals surface area contributed by atoms with E-state index in [9.17, 15) is 15.0 Å². The first-order chi connectivity index (χ1) is 16.5. The van der Waals surface area contributed by atoms with E-state index >= 15 is 0 Å². The Bertz CT molecular complexity index is 1500. The highest BCUT2D eigenvalue weighted by Crippen LogP contribution is 2.32. The molecule has 5 aromatic rings. The highest BCUT2D eigenvalue weighted by atomic mass is 32.1. The van der Waals surface area contributed by atoms with E-state index < -0.39 is 6.10 Å². The summed E-state index contributed by atoms with van der Waals surface area (Å²) in [5.41, 5.74) is 3.60. The molecule has 0 saturated carbocycles. The molecule has 1 atom stereocenters. The smallest absolute Gasteiger partial charge is 0.307 e. The number of H-pyrrole nitrogens is 1. The number of benzene rings is 3. The lowest BCUT2D eigenvalue weighted by Gasteiger charge is -2.16. The van der Waals surface area contributed by atoms with Crippen molar-refractivity contribution >= 4 is 22.1 Å². The lowest BCUT2D eigenvalue weighted by Crippen LogP contribution is -2.03.